The minimum Gasteiger partial charge on any atom is -0.471 e. The topological polar surface area (TPSA) is 69.3 Å². The molecule has 3 rings (SSSR count). The fourth-order valence-corrected chi connectivity index (χ4v) is 2.36. The third-order valence-electron chi connectivity index (χ3n) is 3.37. The smallest absolute Gasteiger partial charge is 0.272 e. The summed E-state index contributed by atoms with van der Waals surface area (Å²) < 4.78 is 12.4. The average Bonchev–Trinajstić information content (AvgIpc) is 3.23. The van der Waals surface area contributed by atoms with Gasteiger partial charge >= 0.3 is 0 Å². The van der Waals surface area contributed by atoms with Gasteiger partial charge < -0.3 is 14.5 Å². The standard InChI is InChI=1S/C17H16ClN3O3/c1-12-9-13(18)4-5-16(12)24-11-21-7-6-15(20-21)17(22)19-10-14-3-2-8-23-14/h2-9H,10-11H2,1H3,(H,19,22). The van der Waals surface area contributed by atoms with Gasteiger partial charge in [-0.25, -0.2) is 4.68 Å². The molecule has 0 aliphatic carbocycles. The van der Waals surface area contributed by atoms with Gasteiger partial charge in [-0.2, -0.15) is 5.10 Å². The molecule has 7 heteroatoms. The molecule has 124 valence electrons. The monoisotopic (exact) mass is 345 g/mol. The van der Waals surface area contributed by atoms with Crippen molar-refractivity contribution in [2.24, 2.45) is 0 Å². The third kappa shape index (κ3) is 3.97. The maximum atomic E-state index is 12.0. The molecular weight excluding hydrogens is 330 g/mol. The maximum Gasteiger partial charge on any atom is 0.272 e. The fourth-order valence-electron chi connectivity index (χ4n) is 2.14. The fraction of sp³-hybridized carbons (Fsp3) is 0.176. The first-order valence-corrected chi connectivity index (χ1v) is 7.72. The molecule has 1 amide bonds. The Bertz CT molecular complexity index is 827. The van der Waals surface area contributed by atoms with Crippen LogP contribution < -0.4 is 10.1 Å². The van der Waals surface area contributed by atoms with Crippen LogP contribution in [0.2, 0.25) is 5.02 Å². The van der Waals surface area contributed by atoms with Gasteiger partial charge in [-0.1, -0.05) is 11.6 Å². The zero-order valence-electron chi connectivity index (χ0n) is 13.0. The Balaban J connectivity index is 1.55. The Hall–Kier alpha value is -2.73. The van der Waals surface area contributed by atoms with E-state index in [1.54, 1.807) is 47.5 Å². The minimum atomic E-state index is -0.271. The molecule has 1 aromatic carbocycles. The van der Waals surface area contributed by atoms with Gasteiger partial charge in [0.1, 0.15) is 17.2 Å². The number of hydrogen-bond donors (Lipinski definition) is 1. The molecule has 0 bridgehead atoms. The highest BCUT2D eigenvalue weighted by molar-refractivity contribution is 6.30. The van der Waals surface area contributed by atoms with Crippen LogP contribution in [0.3, 0.4) is 0 Å². The number of carbonyl (C=O) groups excluding carboxylic acids is 1. The number of amides is 1. The zero-order valence-corrected chi connectivity index (χ0v) is 13.8. The highest BCUT2D eigenvalue weighted by Gasteiger charge is 2.10. The molecule has 6 nitrogen and oxygen atoms in total. The quantitative estimate of drug-likeness (QED) is 0.743. The SMILES string of the molecule is Cc1cc(Cl)ccc1OCn1ccc(C(=O)NCc2ccco2)n1. The Morgan fingerprint density at radius 2 is 2.25 bits per heavy atom. The van der Waals surface area contributed by atoms with E-state index in [-0.39, 0.29) is 12.6 Å². The number of furan rings is 1. The number of halogens is 1. The van der Waals surface area contributed by atoms with Crippen LogP contribution in [0.25, 0.3) is 0 Å². The second-order valence-corrected chi connectivity index (χ2v) is 5.62. The first kappa shape index (κ1) is 16.1. The van der Waals surface area contributed by atoms with Crippen LogP contribution in [0.1, 0.15) is 21.8 Å². The summed E-state index contributed by atoms with van der Waals surface area (Å²) in [7, 11) is 0. The van der Waals surface area contributed by atoms with E-state index in [2.05, 4.69) is 10.4 Å². The maximum absolute atomic E-state index is 12.0. The predicted octanol–water partition coefficient (Wildman–Crippen LogP) is 3.40. The van der Waals surface area contributed by atoms with Crippen LogP contribution in [-0.2, 0) is 13.3 Å². The molecule has 0 unspecified atom stereocenters. The van der Waals surface area contributed by atoms with Crippen LogP contribution in [-0.4, -0.2) is 15.7 Å². The van der Waals surface area contributed by atoms with Crippen molar-refractivity contribution in [3.63, 3.8) is 0 Å². The van der Waals surface area contributed by atoms with Crippen molar-refractivity contribution in [1.29, 1.82) is 0 Å². The number of rotatable bonds is 6. The molecule has 2 aromatic heterocycles. The summed E-state index contributed by atoms with van der Waals surface area (Å²) in [5.41, 5.74) is 1.25. The van der Waals surface area contributed by atoms with Gasteiger partial charge in [0.15, 0.2) is 6.73 Å². The molecule has 0 fully saturated rings. The lowest BCUT2D eigenvalue weighted by Gasteiger charge is -2.09. The van der Waals surface area contributed by atoms with E-state index in [1.807, 2.05) is 13.0 Å². The van der Waals surface area contributed by atoms with Crippen molar-refractivity contribution < 1.29 is 13.9 Å². The number of aromatic nitrogens is 2. The van der Waals surface area contributed by atoms with Crippen LogP contribution in [0.15, 0.2) is 53.3 Å². The Kier molecular flexibility index (Phi) is 4.86. The molecule has 0 saturated carbocycles. The molecule has 0 atom stereocenters. The number of benzene rings is 1. The van der Waals surface area contributed by atoms with Gasteiger partial charge in [-0.05, 0) is 48.9 Å². The largest absolute Gasteiger partial charge is 0.471 e. The summed E-state index contributed by atoms with van der Waals surface area (Å²) in [5, 5.41) is 7.60. The molecule has 2 heterocycles. The van der Waals surface area contributed by atoms with E-state index >= 15 is 0 Å². The first-order chi connectivity index (χ1) is 11.6. The van der Waals surface area contributed by atoms with Crippen molar-refractivity contribution in [3.8, 4) is 5.75 Å². The Morgan fingerprint density at radius 3 is 3.00 bits per heavy atom. The van der Waals surface area contributed by atoms with E-state index in [4.69, 9.17) is 20.8 Å². The second kappa shape index (κ2) is 7.23. The van der Waals surface area contributed by atoms with E-state index in [9.17, 15) is 4.79 Å². The molecular formula is C17H16ClN3O3. The minimum absolute atomic E-state index is 0.202. The van der Waals surface area contributed by atoms with E-state index in [0.29, 0.717) is 23.0 Å². The van der Waals surface area contributed by atoms with Crippen LogP contribution >= 0.6 is 11.6 Å². The summed E-state index contributed by atoms with van der Waals surface area (Å²) in [4.78, 5) is 12.0. The molecule has 0 aliphatic rings. The van der Waals surface area contributed by atoms with E-state index in [0.717, 1.165) is 11.3 Å². The summed E-state index contributed by atoms with van der Waals surface area (Å²) in [5.74, 6) is 1.14. The van der Waals surface area contributed by atoms with Crippen molar-refractivity contribution in [1.82, 2.24) is 15.1 Å². The average molecular weight is 346 g/mol. The molecule has 24 heavy (non-hydrogen) atoms. The van der Waals surface area contributed by atoms with Crippen LogP contribution in [0.5, 0.6) is 5.75 Å². The molecule has 0 saturated heterocycles. The molecule has 0 aliphatic heterocycles. The highest BCUT2D eigenvalue weighted by Crippen LogP contribution is 2.22. The summed E-state index contributed by atoms with van der Waals surface area (Å²) in [6.45, 7) is 2.44. The lowest BCUT2D eigenvalue weighted by Crippen LogP contribution is -2.23. The van der Waals surface area contributed by atoms with Gasteiger partial charge in [0.2, 0.25) is 0 Å². The number of nitrogens with zero attached hydrogens (tertiary/aromatic N) is 2. The molecule has 0 spiro atoms. The number of ether oxygens (including phenoxy) is 1. The van der Waals surface area contributed by atoms with Crippen LogP contribution in [0, 0.1) is 6.92 Å². The lowest BCUT2D eigenvalue weighted by atomic mass is 10.2. The highest BCUT2D eigenvalue weighted by atomic mass is 35.5. The lowest BCUT2D eigenvalue weighted by molar-refractivity contribution is 0.0941. The summed E-state index contributed by atoms with van der Waals surface area (Å²) >= 11 is 5.91. The van der Waals surface area contributed by atoms with E-state index < -0.39 is 0 Å². The predicted molar refractivity (Wildman–Crippen MR) is 88.9 cm³/mol. The van der Waals surface area contributed by atoms with E-state index in [1.165, 1.54) is 0 Å². The first-order valence-electron chi connectivity index (χ1n) is 7.35. The van der Waals surface area contributed by atoms with Crippen molar-refractivity contribution in [2.45, 2.75) is 20.2 Å². The van der Waals surface area contributed by atoms with Crippen molar-refractivity contribution in [3.05, 3.63) is 70.9 Å². The Labute approximate surface area is 144 Å². The molecule has 1 N–H and O–H groups in total. The van der Waals surface area contributed by atoms with Gasteiger partial charge in [-0.3, -0.25) is 4.79 Å². The van der Waals surface area contributed by atoms with Crippen molar-refractivity contribution >= 4 is 17.5 Å². The number of nitrogens with one attached hydrogen (secondary N) is 1. The van der Waals surface area contributed by atoms with Crippen molar-refractivity contribution in [2.75, 3.05) is 0 Å². The van der Waals surface area contributed by atoms with Gasteiger partial charge in [0.05, 0.1) is 12.8 Å². The summed E-state index contributed by atoms with van der Waals surface area (Å²) in [6.07, 6.45) is 3.25. The summed E-state index contributed by atoms with van der Waals surface area (Å²) in [6, 6.07) is 10.6. The molecule has 3 aromatic rings. The van der Waals surface area contributed by atoms with Gasteiger partial charge in [0.25, 0.3) is 5.91 Å². The van der Waals surface area contributed by atoms with Crippen LogP contribution in [0.4, 0.5) is 0 Å². The molecule has 0 radical (unpaired) electrons. The zero-order chi connectivity index (χ0) is 16.9. The number of aryl methyl sites for hydroxylation is 1. The number of hydrogen-bond acceptors (Lipinski definition) is 4. The normalized spacial score (nSPS) is 10.6. The number of carbonyl (C=O) groups is 1. The van der Waals surface area contributed by atoms with Gasteiger partial charge in [0, 0.05) is 11.2 Å². The third-order valence-corrected chi connectivity index (χ3v) is 3.60. The van der Waals surface area contributed by atoms with Gasteiger partial charge in [-0.15, -0.1) is 0 Å². The second-order valence-electron chi connectivity index (χ2n) is 5.19. The Morgan fingerprint density at radius 1 is 1.38 bits per heavy atom.